The maximum Gasteiger partial charge on any atom is 0.260 e. The molecule has 3 aromatic rings. The van der Waals surface area contributed by atoms with E-state index >= 15 is 0 Å². The van der Waals surface area contributed by atoms with Crippen LogP contribution >= 0.6 is 11.3 Å². The van der Waals surface area contributed by atoms with Gasteiger partial charge in [0.1, 0.15) is 0 Å². The summed E-state index contributed by atoms with van der Waals surface area (Å²) < 4.78 is 34.7. The van der Waals surface area contributed by atoms with E-state index in [2.05, 4.69) is 24.0 Å². The zero-order valence-corrected chi connectivity index (χ0v) is 24.0. The predicted molar refractivity (Wildman–Crippen MR) is 149 cm³/mol. The van der Waals surface area contributed by atoms with Crippen molar-refractivity contribution in [2.45, 2.75) is 51.2 Å². The largest absolute Gasteiger partial charge is 0.373 e. The number of carbonyl (C=O) groups excluding carboxylic acids is 1. The molecule has 0 saturated carbocycles. The molecule has 1 fully saturated rings. The number of hydrogen-bond donors (Lipinski definition) is 0. The van der Waals surface area contributed by atoms with Crippen molar-refractivity contribution < 1.29 is 17.9 Å². The number of sulfonamides is 1. The number of benzene rings is 2. The lowest BCUT2D eigenvalue weighted by atomic mass is 10.1. The van der Waals surface area contributed by atoms with E-state index in [0.717, 1.165) is 34.3 Å². The number of hydrogen-bond acceptors (Lipinski definition) is 7. The topological polar surface area (TPSA) is 83.1 Å². The summed E-state index contributed by atoms with van der Waals surface area (Å²) in [6.45, 7) is 9.79. The number of thiazole rings is 1. The standard InChI is InChI=1S/C27H36N4O4S2/c1-18-14-19(2)25-24(15-18)36-27(28-25)31(13-7-12-29(5)6)26(32)22-8-10-23(11-9-22)37(33,34)30-16-20(3)35-21(4)17-30/h8-11,14-15,20-21H,7,12-13,16-17H2,1-6H3/t20-,21-/m0/s1. The summed E-state index contributed by atoms with van der Waals surface area (Å²) in [4.78, 5) is 22.5. The van der Waals surface area contributed by atoms with Crippen LogP contribution in [0.1, 0.15) is 41.8 Å². The number of nitrogens with zero attached hydrogens (tertiary/aromatic N) is 4. The maximum absolute atomic E-state index is 13.7. The van der Waals surface area contributed by atoms with Gasteiger partial charge >= 0.3 is 0 Å². The Morgan fingerprint density at radius 1 is 1.08 bits per heavy atom. The lowest BCUT2D eigenvalue weighted by Crippen LogP contribution is -2.48. The Bertz CT molecular complexity index is 1360. The highest BCUT2D eigenvalue weighted by atomic mass is 32.2. The number of amides is 1. The van der Waals surface area contributed by atoms with Crippen molar-refractivity contribution in [3.63, 3.8) is 0 Å². The normalized spacial score (nSPS) is 19.0. The molecule has 1 aliphatic heterocycles. The molecule has 2 heterocycles. The van der Waals surface area contributed by atoms with Crippen molar-refractivity contribution in [1.82, 2.24) is 14.2 Å². The average molecular weight is 545 g/mol. The van der Waals surface area contributed by atoms with Gasteiger partial charge in [-0.25, -0.2) is 13.4 Å². The molecule has 2 aromatic carbocycles. The number of fused-ring (bicyclic) bond motifs is 1. The average Bonchev–Trinajstić information content (AvgIpc) is 3.25. The van der Waals surface area contributed by atoms with Crippen molar-refractivity contribution in [3.05, 3.63) is 53.1 Å². The van der Waals surface area contributed by atoms with Crippen LogP contribution in [0.25, 0.3) is 10.2 Å². The molecule has 1 saturated heterocycles. The highest BCUT2D eigenvalue weighted by Crippen LogP contribution is 2.33. The molecule has 4 rings (SSSR count). The van der Waals surface area contributed by atoms with Crippen LogP contribution in [-0.4, -0.2) is 81.0 Å². The van der Waals surface area contributed by atoms with Crippen molar-refractivity contribution >= 4 is 42.6 Å². The third-order valence-electron chi connectivity index (χ3n) is 6.41. The molecule has 1 amide bonds. The lowest BCUT2D eigenvalue weighted by Gasteiger charge is -2.34. The number of ether oxygens (including phenoxy) is 1. The quantitative estimate of drug-likeness (QED) is 0.420. The molecule has 0 spiro atoms. The fourth-order valence-electron chi connectivity index (χ4n) is 4.70. The van der Waals surface area contributed by atoms with Crippen LogP contribution in [0.3, 0.4) is 0 Å². The number of anilines is 1. The van der Waals surface area contributed by atoms with Gasteiger partial charge in [-0.15, -0.1) is 0 Å². The van der Waals surface area contributed by atoms with E-state index in [4.69, 9.17) is 9.72 Å². The molecule has 10 heteroatoms. The Labute approximate surface area is 223 Å². The van der Waals surface area contributed by atoms with Crippen LogP contribution in [0.4, 0.5) is 5.13 Å². The zero-order chi connectivity index (χ0) is 26.9. The minimum atomic E-state index is -3.68. The Kier molecular flexibility index (Phi) is 8.35. The van der Waals surface area contributed by atoms with Gasteiger partial charge in [0.2, 0.25) is 10.0 Å². The molecule has 0 radical (unpaired) electrons. The number of carbonyl (C=O) groups is 1. The molecular weight excluding hydrogens is 508 g/mol. The molecule has 2 atom stereocenters. The second kappa shape index (κ2) is 11.2. The van der Waals surface area contributed by atoms with Crippen molar-refractivity contribution in [2.75, 3.05) is 45.2 Å². The second-order valence-electron chi connectivity index (χ2n) is 10.1. The molecule has 0 bridgehead atoms. The molecule has 8 nitrogen and oxygen atoms in total. The second-order valence-corrected chi connectivity index (χ2v) is 13.1. The summed E-state index contributed by atoms with van der Waals surface area (Å²) in [5, 5.41) is 0.653. The Hall–Kier alpha value is -2.37. The van der Waals surface area contributed by atoms with Gasteiger partial charge in [0.15, 0.2) is 5.13 Å². The fraction of sp³-hybridized carbons (Fsp3) is 0.481. The van der Waals surface area contributed by atoms with Crippen molar-refractivity contribution in [2.24, 2.45) is 0 Å². The summed E-state index contributed by atoms with van der Waals surface area (Å²) in [5.41, 5.74) is 3.58. The number of rotatable bonds is 8. The SMILES string of the molecule is Cc1cc(C)c2nc(N(CCCN(C)C)C(=O)c3ccc(S(=O)(=O)N4C[C@H](C)O[C@@H](C)C4)cc3)sc2c1. The van der Waals surface area contributed by atoms with Gasteiger partial charge < -0.3 is 9.64 Å². The Balaban J connectivity index is 1.62. The number of aryl methyl sites for hydroxylation is 2. The van der Waals surface area contributed by atoms with Crippen LogP contribution < -0.4 is 4.90 Å². The molecule has 1 aliphatic rings. The lowest BCUT2D eigenvalue weighted by molar-refractivity contribution is -0.0440. The molecule has 0 aliphatic carbocycles. The van der Waals surface area contributed by atoms with E-state index in [0.29, 0.717) is 30.3 Å². The highest BCUT2D eigenvalue weighted by molar-refractivity contribution is 7.89. The number of morpholine rings is 1. The van der Waals surface area contributed by atoms with E-state index in [1.54, 1.807) is 17.0 Å². The summed E-state index contributed by atoms with van der Waals surface area (Å²) in [6, 6.07) is 10.4. The van der Waals surface area contributed by atoms with E-state index in [1.165, 1.54) is 27.8 Å². The Morgan fingerprint density at radius 3 is 2.35 bits per heavy atom. The van der Waals surface area contributed by atoms with Crippen LogP contribution in [-0.2, 0) is 14.8 Å². The zero-order valence-electron chi connectivity index (χ0n) is 22.4. The van der Waals surface area contributed by atoms with Gasteiger partial charge in [0, 0.05) is 25.2 Å². The van der Waals surface area contributed by atoms with Gasteiger partial charge in [-0.3, -0.25) is 9.69 Å². The van der Waals surface area contributed by atoms with Gasteiger partial charge in [-0.05, 0) is 96.2 Å². The van der Waals surface area contributed by atoms with Gasteiger partial charge in [0.05, 0.1) is 27.3 Å². The van der Waals surface area contributed by atoms with Crippen LogP contribution in [0, 0.1) is 13.8 Å². The first-order valence-electron chi connectivity index (χ1n) is 12.6. The fourth-order valence-corrected chi connectivity index (χ4v) is 7.46. The minimum absolute atomic E-state index is 0.170. The van der Waals surface area contributed by atoms with Gasteiger partial charge in [0.25, 0.3) is 5.91 Å². The molecule has 200 valence electrons. The summed E-state index contributed by atoms with van der Waals surface area (Å²) >= 11 is 1.51. The van der Waals surface area contributed by atoms with E-state index in [9.17, 15) is 13.2 Å². The predicted octanol–water partition coefficient (Wildman–Crippen LogP) is 4.31. The summed E-state index contributed by atoms with van der Waals surface area (Å²) in [7, 11) is 0.330. The summed E-state index contributed by atoms with van der Waals surface area (Å²) in [6.07, 6.45) is 0.444. The van der Waals surface area contributed by atoms with Gasteiger partial charge in [-0.1, -0.05) is 17.4 Å². The van der Waals surface area contributed by atoms with E-state index in [1.807, 2.05) is 34.9 Å². The van der Waals surface area contributed by atoms with Crippen molar-refractivity contribution in [3.8, 4) is 0 Å². The smallest absolute Gasteiger partial charge is 0.260 e. The van der Waals surface area contributed by atoms with Crippen LogP contribution in [0.15, 0.2) is 41.3 Å². The molecule has 0 N–H and O–H groups in total. The third kappa shape index (κ3) is 6.21. The minimum Gasteiger partial charge on any atom is -0.373 e. The Morgan fingerprint density at radius 2 is 1.73 bits per heavy atom. The number of aromatic nitrogens is 1. The highest BCUT2D eigenvalue weighted by Gasteiger charge is 2.32. The first-order chi connectivity index (χ1) is 17.5. The monoisotopic (exact) mass is 544 g/mol. The van der Waals surface area contributed by atoms with Crippen molar-refractivity contribution in [1.29, 1.82) is 0 Å². The van der Waals surface area contributed by atoms with E-state index in [-0.39, 0.29) is 23.0 Å². The maximum atomic E-state index is 13.7. The summed E-state index contributed by atoms with van der Waals surface area (Å²) in [5.74, 6) is -0.190. The third-order valence-corrected chi connectivity index (χ3v) is 9.28. The molecular formula is C27H36N4O4S2. The van der Waals surface area contributed by atoms with E-state index < -0.39 is 10.0 Å². The first kappa shape index (κ1) is 27.7. The molecule has 37 heavy (non-hydrogen) atoms. The molecule has 0 unspecified atom stereocenters. The van der Waals surface area contributed by atoms with Crippen LogP contribution in [0.5, 0.6) is 0 Å². The molecule has 1 aromatic heterocycles. The van der Waals surface area contributed by atoms with Crippen LogP contribution in [0.2, 0.25) is 0 Å². The first-order valence-corrected chi connectivity index (χ1v) is 14.8. The van der Waals surface area contributed by atoms with Gasteiger partial charge in [-0.2, -0.15) is 4.31 Å².